The molecule has 0 atom stereocenters. The highest BCUT2D eigenvalue weighted by Crippen LogP contribution is 2.27. The number of hydrogen-bond donors (Lipinski definition) is 0. The molecular formula is C12H5F6NO. The van der Waals surface area contributed by atoms with Gasteiger partial charge in [-0.05, 0) is 24.3 Å². The highest BCUT2D eigenvalue weighted by atomic mass is 19.4. The molecule has 0 spiro atoms. The third-order valence-corrected chi connectivity index (χ3v) is 2.25. The Morgan fingerprint density at radius 3 is 2.05 bits per heavy atom. The van der Waals surface area contributed by atoms with Crippen LogP contribution in [0.1, 0.15) is 0 Å². The van der Waals surface area contributed by atoms with Crippen LogP contribution < -0.4 is 4.74 Å². The number of rotatable bonds is 2. The first-order chi connectivity index (χ1) is 9.26. The molecule has 0 saturated heterocycles. The molecule has 1 aromatic carbocycles. The first kappa shape index (κ1) is 14.2. The van der Waals surface area contributed by atoms with E-state index in [4.69, 9.17) is 0 Å². The fourth-order valence-corrected chi connectivity index (χ4v) is 1.46. The molecule has 8 heteroatoms. The predicted molar refractivity (Wildman–Crippen MR) is 56.2 cm³/mol. The summed E-state index contributed by atoms with van der Waals surface area (Å²) in [6.07, 6.45) is -4.85. The van der Waals surface area contributed by atoms with Crippen molar-refractivity contribution < 1.29 is 31.1 Å². The maximum Gasteiger partial charge on any atom is 0.573 e. The molecule has 0 saturated carbocycles. The van der Waals surface area contributed by atoms with Gasteiger partial charge in [0.05, 0.1) is 0 Å². The van der Waals surface area contributed by atoms with Crippen LogP contribution in [0.5, 0.6) is 5.75 Å². The second-order valence-corrected chi connectivity index (χ2v) is 3.66. The normalized spacial score (nSPS) is 11.5. The summed E-state index contributed by atoms with van der Waals surface area (Å²) >= 11 is 0. The maximum atomic E-state index is 13.4. The first-order valence-corrected chi connectivity index (χ1v) is 5.14. The molecule has 20 heavy (non-hydrogen) atoms. The average molecular weight is 293 g/mol. The largest absolute Gasteiger partial charge is 0.573 e. The SMILES string of the molecule is Fc1cc(F)c(-c2ccc(OC(F)(F)F)cc2)nc1F. The maximum absolute atomic E-state index is 13.4. The van der Waals surface area contributed by atoms with Crippen molar-refractivity contribution in [2.75, 3.05) is 0 Å². The average Bonchev–Trinajstić information content (AvgIpc) is 2.33. The van der Waals surface area contributed by atoms with Crippen molar-refractivity contribution in [1.29, 1.82) is 0 Å². The molecule has 1 aromatic heterocycles. The molecule has 2 nitrogen and oxygen atoms in total. The quantitative estimate of drug-likeness (QED) is 0.615. The van der Waals surface area contributed by atoms with E-state index >= 15 is 0 Å². The molecule has 2 aromatic rings. The van der Waals surface area contributed by atoms with Crippen LogP contribution in [0.15, 0.2) is 30.3 Å². The summed E-state index contributed by atoms with van der Waals surface area (Å²) in [7, 11) is 0. The van der Waals surface area contributed by atoms with Gasteiger partial charge in [-0.2, -0.15) is 4.39 Å². The van der Waals surface area contributed by atoms with Gasteiger partial charge in [0, 0.05) is 11.6 Å². The number of ether oxygens (including phenoxy) is 1. The van der Waals surface area contributed by atoms with Crippen molar-refractivity contribution in [2.24, 2.45) is 0 Å². The van der Waals surface area contributed by atoms with Gasteiger partial charge in [-0.3, -0.25) is 0 Å². The minimum Gasteiger partial charge on any atom is -0.406 e. The molecule has 0 amide bonds. The molecule has 106 valence electrons. The standard InChI is InChI=1S/C12H5F6NO/c13-8-5-9(14)11(15)19-10(8)6-1-3-7(4-2-6)20-12(16,17)18/h1-5H. The van der Waals surface area contributed by atoms with Gasteiger partial charge in [-0.25, -0.2) is 13.8 Å². The van der Waals surface area contributed by atoms with Gasteiger partial charge >= 0.3 is 6.36 Å². The number of alkyl halides is 3. The lowest BCUT2D eigenvalue weighted by atomic mass is 10.1. The Balaban J connectivity index is 2.33. The molecule has 0 aliphatic rings. The van der Waals surface area contributed by atoms with E-state index in [9.17, 15) is 26.3 Å². The fraction of sp³-hybridized carbons (Fsp3) is 0.0833. The first-order valence-electron chi connectivity index (χ1n) is 5.14. The summed E-state index contributed by atoms with van der Waals surface area (Å²) in [5.74, 6) is -4.61. The topological polar surface area (TPSA) is 22.1 Å². The minimum absolute atomic E-state index is 0.0177. The zero-order chi connectivity index (χ0) is 14.9. The van der Waals surface area contributed by atoms with Crippen molar-refractivity contribution in [2.45, 2.75) is 6.36 Å². The second-order valence-electron chi connectivity index (χ2n) is 3.66. The lowest BCUT2D eigenvalue weighted by Gasteiger charge is -2.09. The third kappa shape index (κ3) is 3.19. The molecule has 1 heterocycles. The van der Waals surface area contributed by atoms with Crippen molar-refractivity contribution >= 4 is 0 Å². The third-order valence-electron chi connectivity index (χ3n) is 2.25. The van der Waals surface area contributed by atoms with Gasteiger partial charge in [0.25, 0.3) is 0 Å². The number of benzene rings is 1. The van der Waals surface area contributed by atoms with Crippen LogP contribution >= 0.6 is 0 Å². The summed E-state index contributed by atoms with van der Waals surface area (Å²) < 4.78 is 78.5. The van der Waals surface area contributed by atoms with Gasteiger partial charge < -0.3 is 4.74 Å². The van der Waals surface area contributed by atoms with E-state index in [1.807, 2.05) is 0 Å². The molecule has 0 N–H and O–H groups in total. The summed E-state index contributed by atoms with van der Waals surface area (Å²) in [6.45, 7) is 0. The molecule has 0 radical (unpaired) electrons. The van der Waals surface area contributed by atoms with Crippen LogP contribution in [0.25, 0.3) is 11.3 Å². The van der Waals surface area contributed by atoms with Crippen LogP contribution in [0.3, 0.4) is 0 Å². The molecular weight excluding hydrogens is 288 g/mol. The smallest absolute Gasteiger partial charge is 0.406 e. The fourth-order valence-electron chi connectivity index (χ4n) is 1.46. The van der Waals surface area contributed by atoms with Crippen LogP contribution in [-0.4, -0.2) is 11.3 Å². The second kappa shape index (κ2) is 5.03. The van der Waals surface area contributed by atoms with Gasteiger partial charge in [0.1, 0.15) is 11.4 Å². The number of aromatic nitrogens is 1. The van der Waals surface area contributed by atoms with Crippen LogP contribution in [0, 0.1) is 17.6 Å². The van der Waals surface area contributed by atoms with Gasteiger partial charge in [0.15, 0.2) is 11.6 Å². The summed E-state index contributed by atoms with van der Waals surface area (Å²) in [5, 5.41) is 0. The molecule has 0 fully saturated rings. The Morgan fingerprint density at radius 1 is 0.900 bits per heavy atom. The summed E-state index contributed by atoms with van der Waals surface area (Å²) in [4.78, 5) is 3.07. The van der Waals surface area contributed by atoms with Crippen LogP contribution in [0.4, 0.5) is 26.3 Å². The summed E-state index contributed by atoms with van der Waals surface area (Å²) in [5.41, 5.74) is -0.529. The minimum atomic E-state index is -4.85. The number of nitrogens with zero attached hydrogens (tertiary/aromatic N) is 1. The molecule has 0 aliphatic heterocycles. The Bertz CT molecular complexity index is 623. The van der Waals surface area contributed by atoms with E-state index in [-0.39, 0.29) is 5.56 Å². The van der Waals surface area contributed by atoms with Gasteiger partial charge in [-0.15, -0.1) is 13.2 Å². The van der Waals surface area contributed by atoms with Crippen molar-refractivity contribution in [3.63, 3.8) is 0 Å². The van der Waals surface area contributed by atoms with E-state index in [1.165, 1.54) is 0 Å². The Morgan fingerprint density at radius 2 is 1.50 bits per heavy atom. The lowest BCUT2D eigenvalue weighted by Crippen LogP contribution is -2.16. The Labute approximate surface area is 108 Å². The number of pyridine rings is 1. The number of halogens is 6. The highest BCUT2D eigenvalue weighted by Gasteiger charge is 2.31. The molecule has 2 rings (SSSR count). The van der Waals surface area contributed by atoms with E-state index in [2.05, 4.69) is 9.72 Å². The predicted octanol–water partition coefficient (Wildman–Crippen LogP) is 4.06. The molecule has 0 aliphatic carbocycles. The number of hydrogen-bond acceptors (Lipinski definition) is 2. The Kier molecular flexibility index (Phi) is 3.56. The van der Waals surface area contributed by atoms with Crippen LogP contribution in [-0.2, 0) is 0 Å². The molecule has 0 bridgehead atoms. The van der Waals surface area contributed by atoms with Gasteiger partial charge in [0.2, 0.25) is 5.95 Å². The lowest BCUT2D eigenvalue weighted by molar-refractivity contribution is -0.274. The highest BCUT2D eigenvalue weighted by molar-refractivity contribution is 5.60. The van der Waals surface area contributed by atoms with E-state index < -0.39 is 35.4 Å². The zero-order valence-corrected chi connectivity index (χ0v) is 9.51. The van der Waals surface area contributed by atoms with Gasteiger partial charge in [-0.1, -0.05) is 0 Å². The van der Waals surface area contributed by atoms with Crippen molar-refractivity contribution in [3.8, 4) is 17.0 Å². The van der Waals surface area contributed by atoms with E-state index in [0.717, 1.165) is 24.3 Å². The molecule has 0 unspecified atom stereocenters. The Hall–Kier alpha value is -2.25. The monoisotopic (exact) mass is 293 g/mol. The van der Waals surface area contributed by atoms with E-state index in [1.54, 1.807) is 0 Å². The zero-order valence-electron chi connectivity index (χ0n) is 9.51. The van der Waals surface area contributed by atoms with Crippen molar-refractivity contribution in [1.82, 2.24) is 4.98 Å². The van der Waals surface area contributed by atoms with Crippen LogP contribution in [0.2, 0.25) is 0 Å². The van der Waals surface area contributed by atoms with Crippen molar-refractivity contribution in [3.05, 3.63) is 47.9 Å². The van der Waals surface area contributed by atoms with E-state index in [0.29, 0.717) is 6.07 Å². The summed E-state index contributed by atoms with van der Waals surface area (Å²) in [6, 6.07) is 4.21.